The minimum atomic E-state index is -3.48. The molecule has 0 fully saturated rings. The number of halogens is 1. The molecule has 27 heavy (non-hydrogen) atoms. The number of benzene rings is 2. The van der Waals surface area contributed by atoms with Gasteiger partial charge in [0.1, 0.15) is 5.75 Å². The monoisotopic (exact) mass is 394 g/mol. The summed E-state index contributed by atoms with van der Waals surface area (Å²) in [6.45, 7) is 0.274. The Morgan fingerprint density at radius 1 is 1.30 bits per heavy atom. The van der Waals surface area contributed by atoms with Gasteiger partial charge < -0.3 is 20.1 Å². The fourth-order valence-electron chi connectivity index (χ4n) is 2.84. The fraction of sp³-hybridized carbons (Fsp3) is 0.278. The Morgan fingerprint density at radius 2 is 2.07 bits per heavy atom. The van der Waals surface area contributed by atoms with Gasteiger partial charge in [0.25, 0.3) is 0 Å². The number of hydrogen-bond donors (Lipinski definition) is 2. The van der Waals surface area contributed by atoms with E-state index in [2.05, 4.69) is 10.6 Å². The molecular formula is C18H19FN2O5S. The first-order valence-electron chi connectivity index (χ1n) is 8.16. The Balaban J connectivity index is 1.79. The summed E-state index contributed by atoms with van der Waals surface area (Å²) in [4.78, 5) is 12.4. The van der Waals surface area contributed by atoms with E-state index in [9.17, 15) is 17.6 Å². The van der Waals surface area contributed by atoms with Crippen LogP contribution in [0.15, 0.2) is 41.3 Å². The van der Waals surface area contributed by atoms with Crippen LogP contribution in [0.1, 0.15) is 18.0 Å². The largest absolute Gasteiger partial charge is 0.497 e. The summed E-state index contributed by atoms with van der Waals surface area (Å²) in [5.41, 5.74) is 0.817. The molecule has 3 rings (SSSR count). The molecule has 1 aliphatic rings. The van der Waals surface area contributed by atoms with Gasteiger partial charge in [-0.25, -0.2) is 17.6 Å². The summed E-state index contributed by atoms with van der Waals surface area (Å²) in [6.07, 6.45) is 1.55. The van der Waals surface area contributed by atoms with Crippen molar-refractivity contribution in [1.82, 2.24) is 5.32 Å². The smallest absolute Gasteiger partial charge is 0.319 e. The second-order valence-corrected chi connectivity index (χ2v) is 8.13. The SMILES string of the molecule is COc1cc(NC(=O)N[C@H]2CCOc3c(F)cccc32)cc(S(C)(=O)=O)c1. The van der Waals surface area contributed by atoms with E-state index in [1.807, 2.05) is 0 Å². The zero-order chi connectivity index (χ0) is 19.6. The maximum absolute atomic E-state index is 13.8. The molecule has 7 nitrogen and oxygen atoms in total. The number of nitrogens with one attached hydrogen (secondary N) is 2. The molecular weight excluding hydrogens is 375 g/mol. The molecule has 144 valence electrons. The van der Waals surface area contributed by atoms with Crippen LogP contribution in [0.4, 0.5) is 14.9 Å². The number of hydrogen-bond acceptors (Lipinski definition) is 5. The summed E-state index contributed by atoms with van der Waals surface area (Å²) in [7, 11) is -2.07. The van der Waals surface area contributed by atoms with Crippen molar-refractivity contribution in [3.8, 4) is 11.5 Å². The zero-order valence-corrected chi connectivity index (χ0v) is 15.6. The highest BCUT2D eigenvalue weighted by Gasteiger charge is 2.25. The molecule has 9 heteroatoms. The van der Waals surface area contributed by atoms with Crippen molar-refractivity contribution in [3.63, 3.8) is 0 Å². The third kappa shape index (κ3) is 4.30. The van der Waals surface area contributed by atoms with Crippen LogP contribution >= 0.6 is 0 Å². The first-order valence-corrected chi connectivity index (χ1v) is 10.0. The summed E-state index contributed by atoms with van der Waals surface area (Å²) in [6, 6.07) is 7.78. The molecule has 2 amide bonds. The average molecular weight is 394 g/mol. The van der Waals surface area contributed by atoms with Gasteiger partial charge in [-0.15, -0.1) is 0 Å². The molecule has 1 heterocycles. The Labute approximate surface area is 156 Å². The lowest BCUT2D eigenvalue weighted by molar-refractivity contribution is 0.227. The predicted molar refractivity (Wildman–Crippen MR) is 97.5 cm³/mol. The summed E-state index contributed by atoms with van der Waals surface area (Å²) in [5, 5.41) is 5.35. The summed E-state index contributed by atoms with van der Waals surface area (Å²) >= 11 is 0. The van der Waals surface area contributed by atoms with Crippen molar-refractivity contribution < 1.29 is 27.1 Å². The van der Waals surface area contributed by atoms with Gasteiger partial charge in [-0.2, -0.15) is 0 Å². The molecule has 2 aromatic carbocycles. The van der Waals surface area contributed by atoms with Crippen molar-refractivity contribution in [2.45, 2.75) is 17.4 Å². The second-order valence-electron chi connectivity index (χ2n) is 6.12. The molecule has 2 aromatic rings. The number of rotatable bonds is 4. The van der Waals surface area contributed by atoms with Crippen molar-refractivity contribution in [2.75, 3.05) is 25.3 Å². The lowest BCUT2D eigenvalue weighted by atomic mass is 10.0. The van der Waals surface area contributed by atoms with Gasteiger partial charge in [0.05, 0.1) is 24.7 Å². The van der Waals surface area contributed by atoms with Crippen molar-refractivity contribution in [2.24, 2.45) is 0 Å². The third-order valence-corrected chi connectivity index (χ3v) is 5.22. The van der Waals surface area contributed by atoms with Crippen LogP contribution in [0.25, 0.3) is 0 Å². The van der Waals surface area contributed by atoms with E-state index < -0.39 is 27.7 Å². The highest BCUT2D eigenvalue weighted by Crippen LogP contribution is 2.34. The van der Waals surface area contributed by atoms with Gasteiger partial charge >= 0.3 is 6.03 Å². The van der Waals surface area contributed by atoms with Gasteiger partial charge in [-0.1, -0.05) is 12.1 Å². The fourth-order valence-corrected chi connectivity index (χ4v) is 3.51. The van der Waals surface area contributed by atoms with Crippen LogP contribution in [0.5, 0.6) is 11.5 Å². The molecule has 0 radical (unpaired) electrons. The van der Waals surface area contributed by atoms with Crippen molar-refractivity contribution >= 4 is 21.6 Å². The Morgan fingerprint density at radius 3 is 2.78 bits per heavy atom. The van der Waals surface area contributed by atoms with Crippen LogP contribution in [0.2, 0.25) is 0 Å². The number of ether oxygens (including phenoxy) is 2. The Kier molecular flexibility index (Phi) is 5.22. The molecule has 0 saturated heterocycles. The van der Waals surface area contributed by atoms with E-state index in [0.717, 1.165) is 6.26 Å². The molecule has 0 saturated carbocycles. The standard InChI is InChI=1S/C18H19FN2O5S/c1-25-12-8-11(9-13(10-12)27(2,23)24)20-18(22)21-16-6-7-26-17-14(16)4-3-5-15(17)19/h3-5,8-10,16H,6-7H2,1-2H3,(H2,20,21,22)/t16-/m0/s1. The van der Waals surface area contributed by atoms with Crippen molar-refractivity contribution in [1.29, 1.82) is 0 Å². The number of fused-ring (bicyclic) bond motifs is 1. The van der Waals surface area contributed by atoms with E-state index in [1.54, 1.807) is 12.1 Å². The minimum absolute atomic E-state index is 0.0237. The van der Waals surface area contributed by atoms with Gasteiger partial charge in [-0.05, 0) is 18.2 Å². The van der Waals surface area contributed by atoms with Gasteiger partial charge in [0.15, 0.2) is 21.4 Å². The molecule has 0 aliphatic carbocycles. The zero-order valence-electron chi connectivity index (χ0n) is 14.8. The number of sulfone groups is 1. The number of amides is 2. The van der Waals surface area contributed by atoms with E-state index in [0.29, 0.717) is 17.7 Å². The average Bonchev–Trinajstić information content (AvgIpc) is 2.61. The third-order valence-electron chi connectivity index (χ3n) is 4.13. The minimum Gasteiger partial charge on any atom is -0.497 e. The number of carbonyl (C=O) groups excluding carboxylic acids is 1. The van der Waals surface area contributed by atoms with Crippen LogP contribution in [-0.2, 0) is 9.84 Å². The van der Waals surface area contributed by atoms with Gasteiger partial charge in [0, 0.05) is 30.0 Å². The quantitative estimate of drug-likeness (QED) is 0.832. The highest BCUT2D eigenvalue weighted by molar-refractivity contribution is 7.90. The number of carbonyl (C=O) groups is 1. The van der Waals surface area contributed by atoms with Crippen LogP contribution in [0, 0.1) is 5.82 Å². The van der Waals surface area contributed by atoms with E-state index in [4.69, 9.17) is 9.47 Å². The number of para-hydroxylation sites is 1. The molecule has 1 atom stereocenters. The molecule has 0 unspecified atom stereocenters. The first kappa shape index (κ1) is 19.0. The maximum atomic E-state index is 13.8. The van der Waals surface area contributed by atoms with Crippen LogP contribution in [-0.4, -0.2) is 34.4 Å². The van der Waals surface area contributed by atoms with E-state index in [1.165, 1.54) is 31.4 Å². The summed E-state index contributed by atoms with van der Waals surface area (Å²) in [5.74, 6) is -0.0495. The van der Waals surface area contributed by atoms with Crippen LogP contribution in [0.3, 0.4) is 0 Å². The molecule has 0 spiro atoms. The Bertz CT molecular complexity index is 978. The number of methoxy groups -OCH3 is 1. The normalized spacial score (nSPS) is 16.0. The number of anilines is 1. The first-order chi connectivity index (χ1) is 12.8. The molecule has 1 aliphatic heterocycles. The topological polar surface area (TPSA) is 93.7 Å². The van der Waals surface area contributed by atoms with E-state index >= 15 is 0 Å². The van der Waals surface area contributed by atoms with Crippen LogP contribution < -0.4 is 20.1 Å². The molecule has 0 bridgehead atoms. The molecule has 2 N–H and O–H groups in total. The van der Waals surface area contributed by atoms with E-state index in [-0.39, 0.29) is 22.9 Å². The van der Waals surface area contributed by atoms with Gasteiger partial charge in [0.2, 0.25) is 0 Å². The lowest BCUT2D eigenvalue weighted by Gasteiger charge is -2.27. The highest BCUT2D eigenvalue weighted by atomic mass is 32.2. The van der Waals surface area contributed by atoms with Crippen molar-refractivity contribution in [3.05, 3.63) is 47.8 Å². The Hall–Kier alpha value is -2.81. The van der Waals surface area contributed by atoms with Gasteiger partial charge in [-0.3, -0.25) is 0 Å². The molecule has 0 aromatic heterocycles. The lowest BCUT2D eigenvalue weighted by Crippen LogP contribution is -2.35. The predicted octanol–water partition coefficient (Wildman–Crippen LogP) is 2.88. The number of urea groups is 1. The second kappa shape index (κ2) is 7.43. The maximum Gasteiger partial charge on any atom is 0.319 e. The summed E-state index contributed by atoms with van der Waals surface area (Å²) < 4.78 is 47.9.